The number of carbonyl (C=O) groups excluding carboxylic acids is 1. The Morgan fingerprint density at radius 1 is 1.32 bits per heavy atom. The molecule has 2 aromatic rings. The first-order valence-corrected chi connectivity index (χ1v) is 6.72. The molecule has 0 aliphatic rings. The molecule has 0 heterocycles. The van der Waals surface area contributed by atoms with Gasteiger partial charge in [-0.25, -0.2) is 4.39 Å². The van der Waals surface area contributed by atoms with Crippen molar-refractivity contribution in [3.05, 3.63) is 59.9 Å². The number of carbonyl (C=O) groups is 1. The number of para-hydroxylation sites is 1. The Labute approximate surface area is 128 Å². The van der Waals surface area contributed by atoms with E-state index in [-0.39, 0.29) is 12.1 Å². The average molecular weight is 298 g/mol. The van der Waals surface area contributed by atoms with Gasteiger partial charge in [0.25, 0.3) is 0 Å². The van der Waals surface area contributed by atoms with Gasteiger partial charge < -0.3 is 10.1 Å². The molecular formula is C17H15FN2O2. The van der Waals surface area contributed by atoms with Crippen molar-refractivity contribution < 1.29 is 13.9 Å². The van der Waals surface area contributed by atoms with Gasteiger partial charge in [-0.05, 0) is 36.2 Å². The van der Waals surface area contributed by atoms with Crippen LogP contribution in [0, 0.1) is 23.1 Å². The molecule has 1 atom stereocenters. The molecule has 0 radical (unpaired) electrons. The number of amides is 1. The Hall–Kier alpha value is -2.87. The van der Waals surface area contributed by atoms with E-state index in [0.29, 0.717) is 5.75 Å². The molecule has 0 saturated heterocycles. The standard InChI is InChI=1S/C17H15FN2O2/c1-22-14-6-4-5-12(10-14)9-13(11-19)17(21)20-16-8-3-2-7-15(16)18/h2-8,10,13H,9H2,1H3,(H,20,21)/t13-/m0/s1. The van der Waals surface area contributed by atoms with Crippen LogP contribution in [0.1, 0.15) is 5.56 Å². The summed E-state index contributed by atoms with van der Waals surface area (Å²) in [4.78, 5) is 12.1. The van der Waals surface area contributed by atoms with Crippen LogP contribution in [0.3, 0.4) is 0 Å². The van der Waals surface area contributed by atoms with Gasteiger partial charge in [-0.15, -0.1) is 0 Å². The third-order valence-corrected chi connectivity index (χ3v) is 3.18. The number of methoxy groups -OCH3 is 1. The summed E-state index contributed by atoms with van der Waals surface area (Å²) in [6.07, 6.45) is 0.230. The summed E-state index contributed by atoms with van der Waals surface area (Å²) in [5.74, 6) is -1.32. The van der Waals surface area contributed by atoms with Crippen LogP contribution >= 0.6 is 0 Å². The lowest BCUT2D eigenvalue weighted by Crippen LogP contribution is -2.24. The fraction of sp³-hybridized carbons (Fsp3) is 0.176. The number of hydrogen-bond acceptors (Lipinski definition) is 3. The molecule has 2 aromatic carbocycles. The van der Waals surface area contributed by atoms with Crippen LogP contribution in [0.2, 0.25) is 0 Å². The summed E-state index contributed by atoms with van der Waals surface area (Å²) in [6, 6.07) is 14.9. The number of benzene rings is 2. The predicted octanol–water partition coefficient (Wildman–Crippen LogP) is 3.16. The molecule has 22 heavy (non-hydrogen) atoms. The third-order valence-electron chi connectivity index (χ3n) is 3.18. The lowest BCUT2D eigenvalue weighted by Gasteiger charge is -2.11. The van der Waals surface area contributed by atoms with Crippen molar-refractivity contribution in [2.45, 2.75) is 6.42 Å². The van der Waals surface area contributed by atoms with Gasteiger partial charge in [0, 0.05) is 0 Å². The van der Waals surface area contributed by atoms with Gasteiger partial charge in [0.15, 0.2) is 0 Å². The average Bonchev–Trinajstić information content (AvgIpc) is 2.54. The molecule has 0 spiro atoms. The van der Waals surface area contributed by atoms with E-state index >= 15 is 0 Å². The maximum Gasteiger partial charge on any atom is 0.242 e. The first-order valence-electron chi connectivity index (χ1n) is 6.72. The van der Waals surface area contributed by atoms with E-state index in [4.69, 9.17) is 4.74 Å². The van der Waals surface area contributed by atoms with E-state index in [1.54, 1.807) is 31.4 Å². The fourth-order valence-electron chi connectivity index (χ4n) is 2.01. The van der Waals surface area contributed by atoms with E-state index in [1.165, 1.54) is 18.2 Å². The fourth-order valence-corrected chi connectivity index (χ4v) is 2.01. The molecule has 1 N–H and O–H groups in total. The van der Waals surface area contributed by atoms with Gasteiger partial charge in [0.1, 0.15) is 17.5 Å². The lowest BCUT2D eigenvalue weighted by atomic mass is 9.99. The zero-order chi connectivity index (χ0) is 15.9. The molecule has 0 unspecified atom stereocenters. The molecule has 0 aliphatic carbocycles. The second-order valence-corrected chi connectivity index (χ2v) is 4.71. The summed E-state index contributed by atoms with van der Waals surface area (Å²) >= 11 is 0. The van der Waals surface area contributed by atoms with Crippen LogP contribution in [-0.2, 0) is 11.2 Å². The summed E-state index contributed by atoms with van der Waals surface area (Å²) in [6.45, 7) is 0. The van der Waals surface area contributed by atoms with Crippen molar-refractivity contribution in [1.29, 1.82) is 5.26 Å². The van der Waals surface area contributed by atoms with E-state index in [2.05, 4.69) is 5.32 Å². The van der Waals surface area contributed by atoms with Gasteiger partial charge in [0.05, 0.1) is 18.9 Å². The minimum Gasteiger partial charge on any atom is -0.497 e. The lowest BCUT2D eigenvalue weighted by molar-refractivity contribution is -0.118. The molecule has 4 nitrogen and oxygen atoms in total. The number of rotatable bonds is 5. The van der Waals surface area contributed by atoms with Gasteiger partial charge in [-0.3, -0.25) is 4.79 Å². The van der Waals surface area contributed by atoms with Crippen LogP contribution < -0.4 is 10.1 Å². The summed E-state index contributed by atoms with van der Waals surface area (Å²) in [7, 11) is 1.55. The monoisotopic (exact) mass is 298 g/mol. The smallest absolute Gasteiger partial charge is 0.242 e. The maximum atomic E-state index is 13.5. The summed E-state index contributed by atoms with van der Waals surface area (Å²) < 4.78 is 18.6. The number of nitrogens with zero attached hydrogens (tertiary/aromatic N) is 1. The molecule has 0 fully saturated rings. The summed E-state index contributed by atoms with van der Waals surface area (Å²) in [5.41, 5.74) is 0.868. The molecule has 0 saturated carbocycles. The predicted molar refractivity (Wildman–Crippen MR) is 80.8 cm³/mol. The Bertz CT molecular complexity index is 710. The van der Waals surface area contributed by atoms with Gasteiger partial charge in [-0.2, -0.15) is 5.26 Å². The molecule has 112 valence electrons. The van der Waals surface area contributed by atoms with Crippen molar-refractivity contribution >= 4 is 11.6 Å². The molecule has 2 rings (SSSR count). The van der Waals surface area contributed by atoms with E-state index < -0.39 is 17.6 Å². The van der Waals surface area contributed by atoms with Crippen LogP contribution in [0.25, 0.3) is 0 Å². The Balaban J connectivity index is 2.09. The van der Waals surface area contributed by atoms with Crippen molar-refractivity contribution in [2.75, 3.05) is 12.4 Å². The number of ether oxygens (including phenoxy) is 1. The molecule has 0 bridgehead atoms. The molecule has 5 heteroatoms. The Morgan fingerprint density at radius 2 is 2.09 bits per heavy atom. The SMILES string of the molecule is COc1cccc(C[C@@H](C#N)C(=O)Nc2ccccc2F)c1. The van der Waals surface area contributed by atoms with E-state index in [9.17, 15) is 14.4 Å². The number of halogens is 1. The largest absolute Gasteiger partial charge is 0.497 e. The number of hydrogen-bond donors (Lipinski definition) is 1. The minimum atomic E-state index is -0.910. The quantitative estimate of drug-likeness (QED) is 0.922. The second-order valence-electron chi connectivity index (χ2n) is 4.71. The van der Waals surface area contributed by atoms with Crippen LogP contribution in [0.4, 0.5) is 10.1 Å². The number of nitriles is 1. The first kappa shape index (κ1) is 15.5. The number of anilines is 1. The molecule has 1 amide bonds. The minimum absolute atomic E-state index is 0.0680. The summed E-state index contributed by atoms with van der Waals surface area (Å²) in [5, 5.41) is 11.6. The van der Waals surface area contributed by atoms with Crippen molar-refractivity contribution in [3.63, 3.8) is 0 Å². The van der Waals surface area contributed by atoms with Crippen molar-refractivity contribution in [3.8, 4) is 11.8 Å². The zero-order valence-electron chi connectivity index (χ0n) is 12.0. The normalized spacial score (nSPS) is 11.3. The Morgan fingerprint density at radius 3 is 2.77 bits per heavy atom. The zero-order valence-corrected chi connectivity index (χ0v) is 12.0. The first-order chi connectivity index (χ1) is 10.6. The highest BCUT2D eigenvalue weighted by atomic mass is 19.1. The highest BCUT2D eigenvalue weighted by molar-refractivity contribution is 5.94. The van der Waals surface area contributed by atoms with Gasteiger partial charge in [0.2, 0.25) is 5.91 Å². The van der Waals surface area contributed by atoms with Gasteiger partial charge in [-0.1, -0.05) is 24.3 Å². The van der Waals surface area contributed by atoms with Crippen molar-refractivity contribution in [1.82, 2.24) is 0 Å². The van der Waals surface area contributed by atoms with E-state index in [1.807, 2.05) is 12.1 Å². The third kappa shape index (κ3) is 3.83. The van der Waals surface area contributed by atoms with E-state index in [0.717, 1.165) is 5.56 Å². The highest BCUT2D eigenvalue weighted by Gasteiger charge is 2.19. The van der Waals surface area contributed by atoms with Gasteiger partial charge >= 0.3 is 0 Å². The van der Waals surface area contributed by atoms with Crippen LogP contribution in [-0.4, -0.2) is 13.0 Å². The van der Waals surface area contributed by atoms with Crippen molar-refractivity contribution in [2.24, 2.45) is 5.92 Å². The molecule has 0 aliphatic heterocycles. The highest BCUT2D eigenvalue weighted by Crippen LogP contribution is 2.18. The molecule has 0 aromatic heterocycles. The van der Waals surface area contributed by atoms with Crippen LogP contribution in [0.5, 0.6) is 5.75 Å². The second kappa shape index (κ2) is 7.23. The molecular weight excluding hydrogens is 283 g/mol. The Kier molecular flexibility index (Phi) is 5.10. The van der Waals surface area contributed by atoms with Crippen LogP contribution in [0.15, 0.2) is 48.5 Å². The maximum absolute atomic E-state index is 13.5. The number of nitrogens with one attached hydrogen (secondary N) is 1. The topological polar surface area (TPSA) is 62.1 Å².